The van der Waals surface area contributed by atoms with Gasteiger partial charge in [-0.25, -0.2) is 0 Å². The number of hydrogen-bond acceptors (Lipinski definition) is 2. The van der Waals surface area contributed by atoms with Crippen LogP contribution in [-0.2, 0) is 19.5 Å². The Morgan fingerprint density at radius 2 is 1.92 bits per heavy atom. The van der Waals surface area contributed by atoms with Crippen LogP contribution in [0.2, 0.25) is 0 Å². The van der Waals surface area contributed by atoms with Crippen LogP contribution in [0, 0.1) is 5.38 Å². The zero-order chi connectivity index (χ0) is 7.68. The standard InChI is InChI=1S/C9H5OS.ClH.Zn/c10-8-5-6-11-9-4-2-1-3-7(8)9;;/h1-5H;1H;/p-1. The zero-order valence-corrected chi connectivity index (χ0v) is 11.3. The molecule has 2 rings (SSSR count). The number of rotatable bonds is 0. The fourth-order valence-corrected chi connectivity index (χ4v) is 1.70. The average Bonchev–Trinajstić information content (AvgIpc) is 2.06. The first kappa shape index (κ1) is 12.8. The maximum atomic E-state index is 11.2. The van der Waals surface area contributed by atoms with Gasteiger partial charge in [0.25, 0.3) is 0 Å². The van der Waals surface area contributed by atoms with E-state index in [0.29, 0.717) is 0 Å². The third-order valence-corrected chi connectivity index (χ3v) is 2.32. The molecule has 1 radical (unpaired) electrons. The smallest absolute Gasteiger partial charge is 0.188 e. The van der Waals surface area contributed by atoms with E-state index in [-0.39, 0.29) is 37.3 Å². The van der Waals surface area contributed by atoms with Crippen molar-refractivity contribution in [3.63, 3.8) is 0 Å². The van der Waals surface area contributed by atoms with Gasteiger partial charge in [-0.1, -0.05) is 12.1 Å². The van der Waals surface area contributed by atoms with Crippen molar-refractivity contribution in [2.75, 3.05) is 0 Å². The van der Waals surface area contributed by atoms with Crippen LogP contribution in [-0.4, -0.2) is 0 Å². The fourth-order valence-electron chi connectivity index (χ4n) is 0.983. The van der Waals surface area contributed by atoms with Gasteiger partial charge in [-0.2, -0.15) is 0 Å². The second-order valence-corrected chi connectivity index (χ2v) is 3.10. The summed E-state index contributed by atoms with van der Waals surface area (Å²) in [5, 5.41) is 3.62. The minimum absolute atomic E-state index is 0. The molecule has 0 amide bonds. The van der Waals surface area contributed by atoms with Crippen LogP contribution >= 0.6 is 11.3 Å². The number of halogens is 1. The quantitative estimate of drug-likeness (QED) is 0.560. The molecule has 0 bridgehead atoms. The van der Waals surface area contributed by atoms with Crippen molar-refractivity contribution in [2.45, 2.75) is 0 Å². The van der Waals surface area contributed by atoms with Crippen LogP contribution in [0.4, 0.5) is 0 Å². The van der Waals surface area contributed by atoms with E-state index in [9.17, 15) is 4.79 Å². The Morgan fingerprint density at radius 1 is 1.23 bits per heavy atom. The van der Waals surface area contributed by atoms with E-state index >= 15 is 0 Å². The summed E-state index contributed by atoms with van der Waals surface area (Å²) in [6.07, 6.45) is 0. The first-order valence-electron chi connectivity index (χ1n) is 3.27. The van der Waals surface area contributed by atoms with Crippen molar-refractivity contribution < 1.29 is 31.9 Å². The normalized spacial score (nSPS) is 8.62. The molecule has 1 aromatic heterocycles. The molecule has 0 fully saturated rings. The molecule has 63 valence electrons. The van der Waals surface area contributed by atoms with Crippen molar-refractivity contribution >= 4 is 21.4 Å². The topological polar surface area (TPSA) is 17.1 Å². The van der Waals surface area contributed by atoms with Gasteiger partial charge >= 0.3 is 0 Å². The van der Waals surface area contributed by atoms with Crippen molar-refractivity contribution in [3.8, 4) is 0 Å². The molecule has 0 atom stereocenters. The second kappa shape index (κ2) is 5.48. The molecule has 0 unspecified atom stereocenters. The number of benzene rings is 1. The van der Waals surface area contributed by atoms with Gasteiger partial charge in [0.15, 0.2) is 5.43 Å². The van der Waals surface area contributed by atoms with E-state index in [4.69, 9.17) is 0 Å². The van der Waals surface area contributed by atoms with Gasteiger partial charge in [-0.15, -0.1) is 11.3 Å². The minimum atomic E-state index is 0. The Morgan fingerprint density at radius 3 is 2.62 bits per heavy atom. The third kappa shape index (κ3) is 2.60. The van der Waals surface area contributed by atoms with Crippen LogP contribution in [0.15, 0.2) is 35.1 Å². The Balaban J connectivity index is 0.000000720. The first-order chi connectivity index (χ1) is 5.38. The zero-order valence-electron chi connectivity index (χ0n) is 6.79. The van der Waals surface area contributed by atoms with Gasteiger partial charge in [0.05, 0.1) is 0 Å². The maximum Gasteiger partial charge on any atom is 0.188 e. The summed E-state index contributed by atoms with van der Waals surface area (Å²) in [6.45, 7) is 0. The predicted molar refractivity (Wildman–Crippen MR) is 46.9 cm³/mol. The van der Waals surface area contributed by atoms with Crippen molar-refractivity contribution in [2.24, 2.45) is 0 Å². The van der Waals surface area contributed by atoms with Crippen molar-refractivity contribution in [1.29, 1.82) is 0 Å². The van der Waals surface area contributed by atoms with E-state index in [2.05, 4.69) is 5.38 Å². The Hall–Kier alpha value is -0.237. The molecule has 0 aliphatic carbocycles. The summed E-state index contributed by atoms with van der Waals surface area (Å²) in [7, 11) is 0. The van der Waals surface area contributed by atoms with E-state index in [1.54, 1.807) is 0 Å². The van der Waals surface area contributed by atoms with Crippen molar-refractivity contribution in [3.05, 3.63) is 45.9 Å². The van der Waals surface area contributed by atoms with E-state index in [1.165, 1.54) is 17.4 Å². The largest absolute Gasteiger partial charge is 1.00 e. The number of hydrogen-bond donors (Lipinski definition) is 0. The molecule has 1 aromatic carbocycles. The summed E-state index contributed by atoms with van der Waals surface area (Å²) in [5.41, 5.74) is 0.0550. The molecule has 1 nitrogen and oxygen atoms in total. The number of fused-ring (bicyclic) bond motifs is 1. The first-order valence-corrected chi connectivity index (χ1v) is 4.08. The molecule has 0 aliphatic heterocycles. The molecule has 0 spiro atoms. The maximum absolute atomic E-state index is 11.2. The van der Waals surface area contributed by atoms with Gasteiger partial charge in [0, 0.05) is 41.0 Å². The summed E-state index contributed by atoms with van der Waals surface area (Å²) >= 11 is 1.47. The third-order valence-electron chi connectivity index (χ3n) is 1.51. The summed E-state index contributed by atoms with van der Waals surface area (Å²) < 4.78 is 1.00. The fraction of sp³-hybridized carbons (Fsp3) is 0. The Bertz CT molecular complexity index is 435. The minimum Gasteiger partial charge on any atom is -1.00 e. The van der Waals surface area contributed by atoms with Gasteiger partial charge in [-0.05, 0) is 12.1 Å². The van der Waals surface area contributed by atoms with Crippen LogP contribution in [0.3, 0.4) is 0 Å². The molecule has 13 heavy (non-hydrogen) atoms. The second-order valence-electron chi connectivity index (χ2n) is 2.22. The van der Waals surface area contributed by atoms with Gasteiger partial charge in [-0.3, -0.25) is 4.79 Å². The van der Waals surface area contributed by atoms with Gasteiger partial charge in [0.1, 0.15) is 0 Å². The monoisotopic (exact) mass is 260 g/mol. The molecule has 0 saturated carbocycles. The van der Waals surface area contributed by atoms with Crippen LogP contribution in [0.25, 0.3) is 10.1 Å². The van der Waals surface area contributed by atoms with Gasteiger partial charge < -0.3 is 12.4 Å². The Labute approximate surface area is 99.0 Å². The molecule has 0 saturated heterocycles. The van der Waals surface area contributed by atoms with Gasteiger partial charge in [0.2, 0.25) is 0 Å². The van der Waals surface area contributed by atoms with Crippen LogP contribution in [0.1, 0.15) is 0 Å². The molecular weight excluding hydrogens is 257 g/mol. The molecule has 0 aliphatic rings. The molecule has 2 aromatic rings. The molecule has 1 heterocycles. The summed E-state index contributed by atoms with van der Waals surface area (Å²) in [5.74, 6) is 0. The van der Waals surface area contributed by atoms with Crippen LogP contribution in [0.5, 0.6) is 0 Å². The summed E-state index contributed by atoms with van der Waals surface area (Å²) in [6, 6.07) is 9.04. The van der Waals surface area contributed by atoms with Crippen molar-refractivity contribution in [1.82, 2.24) is 0 Å². The average molecular weight is 262 g/mol. The Kier molecular flexibility index (Phi) is 5.38. The summed E-state index contributed by atoms with van der Waals surface area (Å²) in [4.78, 5) is 11.2. The molecule has 4 heteroatoms. The van der Waals surface area contributed by atoms with Crippen LogP contribution < -0.4 is 17.8 Å². The van der Waals surface area contributed by atoms with E-state index < -0.39 is 0 Å². The molecular formula is C9H5ClOSZn-. The SMILES string of the molecule is O=c1c[c]sc2ccccc12.[Cl-].[Zn]. The predicted octanol–water partition coefficient (Wildman–Crippen LogP) is -0.937. The van der Waals surface area contributed by atoms with E-state index in [0.717, 1.165) is 10.1 Å². The molecule has 0 N–H and O–H groups in total. The van der Waals surface area contributed by atoms with E-state index in [1.807, 2.05) is 24.3 Å².